The van der Waals surface area contributed by atoms with E-state index in [0.717, 1.165) is 16.0 Å². The summed E-state index contributed by atoms with van der Waals surface area (Å²) in [5, 5.41) is 11.3. The molecule has 0 aromatic heterocycles. The zero-order valence-electron chi connectivity index (χ0n) is 13.8. The molecule has 0 fully saturated rings. The number of ether oxygens (including phenoxy) is 1. The first kappa shape index (κ1) is 18.6. The molecule has 5 nitrogen and oxygen atoms in total. The quantitative estimate of drug-likeness (QED) is 0.609. The summed E-state index contributed by atoms with van der Waals surface area (Å²) < 4.78 is 4.99. The van der Waals surface area contributed by atoms with Gasteiger partial charge in [0, 0.05) is 10.6 Å². The Morgan fingerprint density at radius 2 is 1.88 bits per heavy atom. The lowest BCUT2D eigenvalue weighted by Gasteiger charge is -2.08. The molecule has 2 aromatic rings. The van der Waals surface area contributed by atoms with E-state index in [1.54, 1.807) is 24.3 Å². The Hall–Kier alpha value is -2.78. The normalized spacial score (nSPS) is 9.92. The summed E-state index contributed by atoms with van der Waals surface area (Å²) in [7, 11) is 0. The summed E-state index contributed by atoms with van der Waals surface area (Å²) in [5.74, 6) is -0.684. The minimum Gasteiger partial charge on any atom is -0.455 e. The number of esters is 1. The van der Waals surface area contributed by atoms with Gasteiger partial charge < -0.3 is 10.1 Å². The molecule has 0 spiro atoms. The first-order valence-corrected chi connectivity index (χ1v) is 8.67. The molecule has 25 heavy (non-hydrogen) atoms. The van der Waals surface area contributed by atoms with E-state index in [9.17, 15) is 9.59 Å². The third-order valence-corrected chi connectivity index (χ3v) is 4.47. The molecular formula is C19H18N2O3S. The molecule has 1 N–H and O–H groups in total. The van der Waals surface area contributed by atoms with Crippen LogP contribution in [-0.2, 0) is 20.7 Å². The molecule has 2 rings (SSSR count). The van der Waals surface area contributed by atoms with Crippen LogP contribution in [0.25, 0.3) is 0 Å². The fourth-order valence-corrected chi connectivity index (χ4v) is 2.86. The number of amides is 1. The van der Waals surface area contributed by atoms with E-state index < -0.39 is 11.9 Å². The van der Waals surface area contributed by atoms with Gasteiger partial charge in [-0.15, -0.1) is 11.8 Å². The lowest BCUT2D eigenvalue weighted by Crippen LogP contribution is -2.21. The SMILES string of the molecule is Cc1ccccc1SCC(=O)OCC(=O)Nc1ccc(CC#N)cc1. The number of nitriles is 1. The van der Waals surface area contributed by atoms with Crippen molar-refractivity contribution in [3.05, 3.63) is 59.7 Å². The molecule has 2 aromatic carbocycles. The van der Waals surface area contributed by atoms with Gasteiger partial charge >= 0.3 is 5.97 Å². The van der Waals surface area contributed by atoms with Crippen LogP contribution in [0.2, 0.25) is 0 Å². The summed E-state index contributed by atoms with van der Waals surface area (Å²) in [6, 6.07) is 16.8. The lowest BCUT2D eigenvalue weighted by atomic mass is 10.1. The van der Waals surface area contributed by atoms with Crippen molar-refractivity contribution < 1.29 is 14.3 Å². The summed E-state index contributed by atoms with van der Waals surface area (Å²) in [6.45, 7) is 1.65. The molecule has 0 radical (unpaired) electrons. The molecule has 0 aliphatic carbocycles. The van der Waals surface area contributed by atoms with Gasteiger partial charge in [0.25, 0.3) is 5.91 Å². The second-order valence-electron chi connectivity index (χ2n) is 5.29. The van der Waals surface area contributed by atoms with Gasteiger partial charge in [-0.05, 0) is 36.2 Å². The topological polar surface area (TPSA) is 79.2 Å². The number of nitrogens with one attached hydrogen (secondary N) is 1. The van der Waals surface area contributed by atoms with Crippen LogP contribution in [0.1, 0.15) is 11.1 Å². The van der Waals surface area contributed by atoms with Crippen molar-refractivity contribution in [2.24, 2.45) is 0 Å². The number of rotatable bonds is 7. The van der Waals surface area contributed by atoms with Gasteiger partial charge in [0.15, 0.2) is 6.61 Å². The zero-order chi connectivity index (χ0) is 18.1. The molecule has 0 bridgehead atoms. The van der Waals surface area contributed by atoms with Crippen LogP contribution in [0.3, 0.4) is 0 Å². The molecule has 0 heterocycles. The highest BCUT2D eigenvalue weighted by molar-refractivity contribution is 8.00. The molecule has 0 saturated heterocycles. The Bertz CT molecular complexity index is 782. The smallest absolute Gasteiger partial charge is 0.316 e. The van der Waals surface area contributed by atoms with Gasteiger partial charge in [-0.2, -0.15) is 5.26 Å². The van der Waals surface area contributed by atoms with Crippen LogP contribution >= 0.6 is 11.8 Å². The molecule has 128 valence electrons. The summed E-state index contributed by atoms with van der Waals surface area (Å²) in [5.41, 5.74) is 2.56. The van der Waals surface area contributed by atoms with E-state index >= 15 is 0 Å². The maximum absolute atomic E-state index is 11.8. The van der Waals surface area contributed by atoms with Crippen LogP contribution < -0.4 is 5.32 Å². The van der Waals surface area contributed by atoms with Crippen molar-refractivity contribution in [3.8, 4) is 6.07 Å². The summed E-state index contributed by atoms with van der Waals surface area (Å²) in [4.78, 5) is 24.6. The van der Waals surface area contributed by atoms with E-state index in [4.69, 9.17) is 10.00 Å². The first-order chi connectivity index (χ1) is 12.1. The average Bonchev–Trinajstić information content (AvgIpc) is 2.61. The van der Waals surface area contributed by atoms with Gasteiger partial charge in [-0.3, -0.25) is 9.59 Å². The van der Waals surface area contributed by atoms with Crippen LogP contribution in [0.4, 0.5) is 5.69 Å². The highest BCUT2D eigenvalue weighted by Crippen LogP contribution is 2.21. The van der Waals surface area contributed by atoms with Gasteiger partial charge in [-0.1, -0.05) is 30.3 Å². The van der Waals surface area contributed by atoms with Gasteiger partial charge in [0.05, 0.1) is 18.2 Å². The fraction of sp³-hybridized carbons (Fsp3) is 0.211. The number of anilines is 1. The Morgan fingerprint density at radius 1 is 1.16 bits per heavy atom. The molecule has 0 atom stereocenters. The minimum atomic E-state index is -0.437. The Kier molecular flexibility index (Phi) is 7.05. The Morgan fingerprint density at radius 3 is 2.56 bits per heavy atom. The first-order valence-electron chi connectivity index (χ1n) is 7.68. The number of benzene rings is 2. The lowest BCUT2D eigenvalue weighted by molar-refractivity contribution is -0.144. The van der Waals surface area contributed by atoms with E-state index in [2.05, 4.69) is 11.4 Å². The molecule has 0 saturated carbocycles. The molecule has 0 aliphatic heterocycles. The molecule has 1 amide bonds. The van der Waals surface area contributed by atoms with Crippen molar-refractivity contribution in [2.75, 3.05) is 17.7 Å². The Labute approximate surface area is 151 Å². The van der Waals surface area contributed by atoms with Crippen molar-refractivity contribution in [1.29, 1.82) is 5.26 Å². The third kappa shape index (κ3) is 6.32. The van der Waals surface area contributed by atoms with E-state index in [1.807, 2.05) is 31.2 Å². The number of thioether (sulfide) groups is 1. The van der Waals surface area contributed by atoms with Crippen LogP contribution in [0.5, 0.6) is 0 Å². The van der Waals surface area contributed by atoms with Gasteiger partial charge in [0.2, 0.25) is 0 Å². The number of aryl methyl sites for hydroxylation is 1. The van der Waals surface area contributed by atoms with Crippen molar-refractivity contribution in [2.45, 2.75) is 18.2 Å². The highest BCUT2D eigenvalue weighted by atomic mass is 32.2. The van der Waals surface area contributed by atoms with Crippen LogP contribution in [-0.4, -0.2) is 24.2 Å². The monoisotopic (exact) mass is 354 g/mol. The number of carbonyl (C=O) groups excluding carboxylic acids is 2. The zero-order valence-corrected chi connectivity index (χ0v) is 14.6. The van der Waals surface area contributed by atoms with Crippen molar-refractivity contribution >= 4 is 29.3 Å². The summed E-state index contributed by atoms with van der Waals surface area (Å²) >= 11 is 1.38. The largest absolute Gasteiger partial charge is 0.455 e. The predicted molar refractivity (Wildman–Crippen MR) is 97.3 cm³/mol. The fourth-order valence-electron chi connectivity index (χ4n) is 2.04. The molecule has 0 unspecified atom stereocenters. The maximum atomic E-state index is 11.8. The number of carbonyl (C=O) groups is 2. The second-order valence-corrected chi connectivity index (χ2v) is 6.31. The summed E-state index contributed by atoms with van der Waals surface area (Å²) in [6.07, 6.45) is 0.324. The molecule has 6 heteroatoms. The second kappa shape index (κ2) is 9.50. The van der Waals surface area contributed by atoms with E-state index in [-0.39, 0.29) is 12.4 Å². The minimum absolute atomic E-state index is 0.154. The molecular weight excluding hydrogens is 336 g/mol. The maximum Gasteiger partial charge on any atom is 0.316 e. The number of hydrogen-bond donors (Lipinski definition) is 1. The van der Waals surface area contributed by atoms with Crippen molar-refractivity contribution in [3.63, 3.8) is 0 Å². The van der Waals surface area contributed by atoms with E-state index in [0.29, 0.717) is 12.1 Å². The number of hydrogen-bond acceptors (Lipinski definition) is 5. The highest BCUT2D eigenvalue weighted by Gasteiger charge is 2.09. The standard InChI is InChI=1S/C19H18N2O3S/c1-14-4-2-3-5-17(14)25-13-19(23)24-12-18(22)21-16-8-6-15(7-9-16)10-11-20/h2-9H,10,12-13H2,1H3,(H,21,22). The predicted octanol–water partition coefficient (Wildman–Crippen LogP) is 3.34. The third-order valence-electron chi connectivity index (χ3n) is 3.32. The Balaban J connectivity index is 1.73. The van der Waals surface area contributed by atoms with Gasteiger partial charge in [-0.25, -0.2) is 0 Å². The van der Waals surface area contributed by atoms with Crippen LogP contribution in [0.15, 0.2) is 53.4 Å². The van der Waals surface area contributed by atoms with E-state index in [1.165, 1.54) is 11.8 Å². The number of nitrogens with zero attached hydrogens (tertiary/aromatic N) is 1. The van der Waals surface area contributed by atoms with Gasteiger partial charge in [0.1, 0.15) is 0 Å². The van der Waals surface area contributed by atoms with Crippen molar-refractivity contribution in [1.82, 2.24) is 0 Å². The average molecular weight is 354 g/mol. The molecule has 0 aliphatic rings. The van der Waals surface area contributed by atoms with Crippen LogP contribution in [0, 0.1) is 18.3 Å².